The average Bonchev–Trinajstić information content (AvgIpc) is 3.40. The molecule has 7 heteroatoms. The summed E-state index contributed by atoms with van der Waals surface area (Å²) in [7, 11) is 0. The fourth-order valence-corrected chi connectivity index (χ4v) is 3.00. The van der Waals surface area contributed by atoms with Crippen LogP contribution in [0.1, 0.15) is 44.1 Å². The van der Waals surface area contributed by atoms with Crippen molar-refractivity contribution in [3.8, 4) is 17.1 Å². The van der Waals surface area contributed by atoms with Gasteiger partial charge in [0.25, 0.3) is 5.89 Å². The first-order valence-corrected chi connectivity index (χ1v) is 9.27. The minimum atomic E-state index is 0.0251. The van der Waals surface area contributed by atoms with E-state index in [0.717, 1.165) is 22.6 Å². The highest BCUT2D eigenvalue weighted by molar-refractivity contribution is 5.58. The van der Waals surface area contributed by atoms with E-state index < -0.39 is 0 Å². The number of hydrogen-bond donors (Lipinski definition) is 1. The molecule has 0 amide bonds. The largest absolute Gasteiger partial charge is 0.363 e. The molecule has 4 rings (SSSR count). The van der Waals surface area contributed by atoms with Gasteiger partial charge >= 0.3 is 0 Å². The Kier molecular flexibility index (Phi) is 4.89. The van der Waals surface area contributed by atoms with Gasteiger partial charge in [-0.15, -0.1) is 0 Å². The van der Waals surface area contributed by atoms with Crippen molar-refractivity contribution in [1.82, 2.24) is 24.9 Å². The van der Waals surface area contributed by atoms with Gasteiger partial charge in [0.1, 0.15) is 5.82 Å². The predicted molar refractivity (Wildman–Crippen MR) is 107 cm³/mol. The summed E-state index contributed by atoms with van der Waals surface area (Å²) in [6, 6.07) is 13.9. The molecule has 0 radical (unpaired) electrons. The molecule has 0 aliphatic heterocycles. The molecule has 0 aliphatic carbocycles. The highest BCUT2D eigenvalue weighted by Crippen LogP contribution is 2.26. The van der Waals surface area contributed by atoms with Crippen LogP contribution in [0.5, 0.6) is 0 Å². The molecule has 4 aromatic rings. The van der Waals surface area contributed by atoms with Gasteiger partial charge in [-0.2, -0.15) is 10.1 Å². The van der Waals surface area contributed by atoms with Crippen molar-refractivity contribution < 1.29 is 4.52 Å². The van der Waals surface area contributed by atoms with Crippen LogP contribution >= 0.6 is 0 Å². The second-order valence-electron chi connectivity index (χ2n) is 6.92. The zero-order chi connectivity index (χ0) is 19.5. The van der Waals surface area contributed by atoms with Crippen molar-refractivity contribution in [2.45, 2.75) is 32.7 Å². The van der Waals surface area contributed by atoms with Gasteiger partial charge in [0.2, 0.25) is 0 Å². The minimum absolute atomic E-state index is 0.0251. The van der Waals surface area contributed by atoms with Crippen molar-refractivity contribution in [3.63, 3.8) is 0 Å². The van der Waals surface area contributed by atoms with Crippen molar-refractivity contribution in [3.05, 3.63) is 72.4 Å². The second kappa shape index (κ2) is 7.64. The number of hydrogen-bond acceptors (Lipinski definition) is 6. The standard InChI is InChI=1S/C21H22N6O/c1-14(2)20-25-21(28-26-20)16-9-11-22-19(13-16)24-15(3)17-7-4-5-8-18(17)27-12-6-10-23-27/h4-15H,1-3H3,(H,22,24). The number of nitrogens with zero attached hydrogens (tertiary/aromatic N) is 5. The molecule has 142 valence electrons. The Morgan fingerprint density at radius 2 is 1.89 bits per heavy atom. The molecule has 0 bridgehead atoms. The van der Waals surface area contributed by atoms with Crippen LogP contribution < -0.4 is 5.32 Å². The highest BCUT2D eigenvalue weighted by Gasteiger charge is 2.15. The Morgan fingerprint density at radius 3 is 2.64 bits per heavy atom. The van der Waals surface area contributed by atoms with Gasteiger partial charge in [-0.3, -0.25) is 0 Å². The molecule has 0 saturated heterocycles. The first kappa shape index (κ1) is 17.9. The maximum atomic E-state index is 5.40. The zero-order valence-electron chi connectivity index (χ0n) is 16.1. The summed E-state index contributed by atoms with van der Waals surface area (Å²) in [4.78, 5) is 8.90. The SMILES string of the molecule is CC(C)c1noc(-c2ccnc(NC(C)c3ccccc3-n3cccn3)c2)n1. The zero-order valence-corrected chi connectivity index (χ0v) is 16.1. The monoisotopic (exact) mass is 374 g/mol. The van der Waals surface area contributed by atoms with E-state index in [2.05, 4.69) is 44.6 Å². The summed E-state index contributed by atoms with van der Waals surface area (Å²) in [5.74, 6) is 2.15. The third kappa shape index (κ3) is 3.64. The van der Waals surface area contributed by atoms with E-state index in [4.69, 9.17) is 4.52 Å². The molecule has 1 unspecified atom stereocenters. The molecule has 0 aliphatic rings. The summed E-state index contributed by atoms with van der Waals surface area (Å²) in [5.41, 5.74) is 2.99. The number of nitrogens with one attached hydrogen (secondary N) is 1. The topological polar surface area (TPSA) is 81.7 Å². The summed E-state index contributed by atoms with van der Waals surface area (Å²) in [6.07, 6.45) is 5.45. The summed E-state index contributed by atoms with van der Waals surface area (Å²) >= 11 is 0. The fraction of sp³-hybridized carbons (Fsp3) is 0.238. The van der Waals surface area contributed by atoms with E-state index in [9.17, 15) is 0 Å². The highest BCUT2D eigenvalue weighted by atomic mass is 16.5. The molecule has 3 heterocycles. The Morgan fingerprint density at radius 1 is 1.04 bits per heavy atom. The average molecular weight is 374 g/mol. The smallest absolute Gasteiger partial charge is 0.258 e. The Balaban J connectivity index is 1.58. The van der Waals surface area contributed by atoms with Crippen molar-refractivity contribution in [2.24, 2.45) is 0 Å². The second-order valence-corrected chi connectivity index (χ2v) is 6.92. The molecule has 0 spiro atoms. The van der Waals surface area contributed by atoms with E-state index >= 15 is 0 Å². The molecule has 7 nitrogen and oxygen atoms in total. The van der Waals surface area contributed by atoms with E-state index in [1.807, 2.05) is 55.1 Å². The van der Waals surface area contributed by atoms with Crippen LogP contribution in [0, 0.1) is 0 Å². The van der Waals surface area contributed by atoms with Gasteiger partial charge in [0.05, 0.1) is 11.7 Å². The van der Waals surface area contributed by atoms with Gasteiger partial charge in [-0.25, -0.2) is 9.67 Å². The number of para-hydroxylation sites is 1. The summed E-state index contributed by atoms with van der Waals surface area (Å²) < 4.78 is 7.26. The van der Waals surface area contributed by atoms with Gasteiger partial charge in [-0.05, 0) is 36.8 Å². The predicted octanol–water partition coefficient (Wildman–Crippen LogP) is 4.61. The quantitative estimate of drug-likeness (QED) is 0.530. The summed E-state index contributed by atoms with van der Waals surface area (Å²) in [5, 5.41) is 11.8. The molecular formula is C21H22N6O. The summed E-state index contributed by atoms with van der Waals surface area (Å²) in [6.45, 7) is 6.17. The molecule has 0 saturated carbocycles. The Bertz CT molecular complexity index is 1050. The van der Waals surface area contributed by atoms with Gasteiger partial charge in [0.15, 0.2) is 5.82 Å². The van der Waals surface area contributed by atoms with E-state index in [0.29, 0.717) is 11.7 Å². The number of aromatic nitrogens is 5. The molecule has 0 fully saturated rings. The molecule has 1 N–H and O–H groups in total. The third-order valence-electron chi connectivity index (χ3n) is 4.48. The van der Waals surface area contributed by atoms with Gasteiger partial charge < -0.3 is 9.84 Å². The van der Waals surface area contributed by atoms with Crippen molar-refractivity contribution in [1.29, 1.82) is 0 Å². The van der Waals surface area contributed by atoms with Crippen LogP contribution in [0.2, 0.25) is 0 Å². The van der Waals surface area contributed by atoms with Crippen LogP contribution in [-0.2, 0) is 0 Å². The van der Waals surface area contributed by atoms with Gasteiger partial charge in [0, 0.05) is 30.1 Å². The lowest BCUT2D eigenvalue weighted by molar-refractivity contribution is 0.419. The number of rotatable bonds is 6. The van der Waals surface area contributed by atoms with Crippen LogP contribution in [0.25, 0.3) is 17.1 Å². The van der Waals surface area contributed by atoms with E-state index in [-0.39, 0.29) is 12.0 Å². The minimum Gasteiger partial charge on any atom is -0.363 e. The third-order valence-corrected chi connectivity index (χ3v) is 4.48. The normalized spacial score (nSPS) is 12.3. The lowest BCUT2D eigenvalue weighted by Crippen LogP contribution is -2.11. The lowest BCUT2D eigenvalue weighted by Gasteiger charge is -2.18. The molecule has 1 aromatic carbocycles. The number of anilines is 1. The van der Waals surface area contributed by atoms with Crippen LogP contribution in [0.15, 0.2) is 65.6 Å². The first-order chi connectivity index (χ1) is 13.6. The van der Waals surface area contributed by atoms with Crippen LogP contribution in [0.3, 0.4) is 0 Å². The van der Waals surface area contributed by atoms with E-state index in [1.165, 1.54) is 0 Å². The number of pyridine rings is 1. The van der Waals surface area contributed by atoms with Gasteiger partial charge in [-0.1, -0.05) is 37.2 Å². The lowest BCUT2D eigenvalue weighted by atomic mass is 10.1. The van der Waals surface area contributed by atoms with Crippen molar-refractivity contribution in [2.75, 3.05) is 5.32 Å². The first-order valence-electron chi connectivity index (χ1n) is 9.27. The maximum Gasteiger partial charge on any atom is 0.258 e. The molecule has 28 heavy (non-hydrogen) atoms. The van der Waals surface area contributed by atoms with Crippen molar-refractivity contribution >= 4 is 5.82 Å². The fourth-order valence-electron chi connectivity index (χ4n) is 3.00. The van der Waals surface area contributed by atoms with E-state index in [1.54, 1.807) is 12.4 Å². The number of benzene rings is 1. The molecule has 1 atom stereocenters. The Labute approximate surface area is 163 Å². The maximum absolute atomic E-state index is 5.40. The molecule has 3 aromatic heterocycles. The Hall–Kier alpha value is -3.48. The molecular weight excluding hydrogens is 352 g/mol. The van der Waals surface area contributed by atoms with Crippen LogP contribution in [0.4, 0.5) is 5.82 Å². The van der Waals surface area contributed by atoms with Crippen LogP contribution in [-0.4, -0.2) is 24.9 Å².